The number of carbonyl (C=O) groups is 1. The second kappa shape index (κ2) is 6.68. The van der Waals surface area contributed by atoms with Gasteiger partial charge in [0.05, 0.1) is 30.7 Å². The lowest BCUT2D eigenvalue weighted by Crippen LogP contribution is -2.13. The molecule has 104 valence electrons. The van der Waals surface area contributed by atoms with Gasteiger partial charge in [0.25, 0.3) is 5.91 Å². The molecule has 0 saturated carbocycles. The maximum absolute atomic E-state index is 12.1. The van der Waals surface area contributed by atoms with E-state index in [1.54, 1.807) is 38.5 Å². The number of anilines is 1. The Bertz CT molecular complexity index is 582. The number of benzene rings is 1. The fourth-order valence-electron chi connectivity index (χ4n) is 1.73. The molecule has 5 heteroatoms. The highest BCUT2D eigenvalue weighted by atomic mass is 16.5. The summed E-state index contributed by atoms with van der Waals surface area (Å²) in [5, 5.41) is 2.79. The molecule has 5 nitrogen and oxygen atoms in total. The maximum atomic E-state index is 12.1. The molecule has 2 aromatic rings. The van der Waals surface area contributed by atoms with Gasteiger partial charge in [-0.15, -0.1) is 0 Å². The number of hydrogen-bond acceptors (Lipinski definition) is 4. The molecule has 1 heterocycles. The monoisotopic (exact) mass is 272 g/mol. The van der Waals surface area contributed by atoms with Crippen LogP contribution in [-0.4, -0.2) is 25.1 Å². The highest BCUT2D eigenvalue weighted by Gasteiger charge is 2.09. The van der Waals surface area contributed by atoms with E-state index in [1.807, 2.05) is 12.1 Å². The number of aromatic nitrogens is 1. The van der Waals surface area contributed by atoms with Crippen molar-refractivity contribution in [1.82, 2.24) is 4.98 Å². The van der Waals surface area contributed by atoms with Crippen molar-refractivity contribution in [3.8, 4) is 5.75 Å². The quantitative estimate of drug-likeness (QED) is 0.908. The van der Waals surface area contributed by atoms with Gasteiger partial charge in [-0.1, -0.05) is 12.1 Å². The van der Waals surface area contributed by atoms with Crippen molar-refractivity contribution in [2.24, 2.45) is 0 Å². The van der Waals surface area contributed by atoms with Gasteiger partial charge in [0.1, 0.15) is 5.75 Å². The van der Waals surface area contributed by atoms with E-state index in [0.29, 0.717) is 23.6 Å². The van der Waals surface area contributed by atoms with Crippen molar-refractivity contribution in [3.63, 3.8) is 0 Å². The highest BCUT2D eigenvalue weighted by molar-refractivity contribution is 6.04. The van der Waals surface area contributed by atoms with Crippen LogP contribution in [0.5, 0.6) is 5.75 Å². The minimum absolute atomic E-state index is 0.231. The summed E-state index contributed by atoms with van der Waals surface area (Å²) in [5.41, 5.74) is 1.89. The first kappa shape index (κ1) is 14.0. The zero-order valence-electron chi connectivity index (χ0n) is 11.4. The van der Waals surface area contributed by atoms with Crippen LogP contribution in [0.15, 0.2) is 42.6 Å². The lowest BCUT2D eigenvalue weighted by Gasteiger charge is -2.09. The summed E-state index contributed by atoms with van der Waals surface area (Å²) in [6, 6.07) is 10.7. The van der Waals surface area contributed by atoms with Gasteiger partial charge in [0, 0.05) is 13.3 Å². The first-order valence-electron chi connectivity index (χ1n) is 6.13. The maximum Gasteiger partial charge on any atom is 0.257 e. The summed E-state index contributed by atoms with van der Waals surface area (Å²) < 4.78 is 10.2. The molecule has 0 bridgehead atoms. The van der Waals surface area contributed by atoms with Crippen molar-refractivity contribution >= 4 is 11.6 Å². The van der Waals surface area contributed by atoms with Gasteiger partial charge in [-0.25, -0.2) is 0 Å². The van der Waals surface area contributed by atoms with E-state index < -0.39 is 0 Å². The average Bonchev–Trinajstić information content (AvgIpc) is 2.49. The van der Waals surface area contributed by atoms with E-state index in [2.05, 4.69) is 10.3 Å². The number of nitrogens with zero attached hydrogens (tertiary/aromatic N) is 1. The van der Waals surface area contributed by atoms with Gasteiger partial charge in [-0.05, 0) is 24.3 Å². The highest BCUT2D eigenvalue weighted by Crippen LogP contribution is 2.23. The summed E-state index contributed by atoms with van der Waals surface area (Å²) in [6.07, 6.45) is 1.53. The third-order valence-electron chi connectivity index (χ3n) is 2.73. The summed E-state index contributed by atoms with van der Waals surface area (Å²) in [5.74, 6) is 0.385. The molecule has 0 aliphatic heterocycles. The second-order valence-electron chi connectivity index (χ2n) is 4.13. The molecule has 0 aliphatic rings. The number of hydrogen-bond donors (Lipinski definition) is 1. The zero-order valence-corrected chi connectivity index (χ0v) is 11.4. The van der Waals surface area contributed by atoms with Crippen LogP contribution in [0.3, 0.4) is 0 Å². The van der Waals surface area contributed by atoms with E-state index in [-0.39, 0.29) is 5.91 Å². The number of amides is 1. The molecule has 1 amide bonds. The molecular formula is C15H16N2O3. The fraction of sp³-hybridized carbons (Fsp3) is 0.200. The normalized spacial score (nSPS) is 10.1. The molecular weight excluding hydrogens is 256 g/mol. The Kier molecular flexibility index (Phi) is 4.68. The van der Waals surface area contributed by atoms with E-state index in [9.17, 15) is 4.79 Å². The Labute approximate surface area is 117 Å². The topological polar surface area (TPSA) is 60.5 Å². The SMILES string of the molecule is COCc1ccc(C(=O)Nc2ccccc2OC)cn1. The first-order chi connectivity index (χ1) is 9.74. The predicted molar refractivity (Wildman–Crippen MR) is 75.9 cm³/mol. The standard InChI is InChI=1S/C15H16N2O3/c1-19-10-12-8-7-11(9-16-12)15(18)17-13-5-3-4-6-14(13)20-2/h3-9H,10H2,1-2H3,(H,17,18). The number of nitrogens with one attached hydrogen (secondary N) is 1. The van der Waals surface area contributed by atoms with Crippen LogP contribution in [0.25, 0.3) is 0 Å². The number of para-hydroxylation sites is 2. The van der Waals surface area contributed by atoms with E-state index >= 15 is 0 Å². The summed E-state index contributed by atoms with van der Waals surface area (Å²) >= 11 is 0. The van der Waals surface area contributed by atoms with Crippen LogP contribution < -0.4 is 10.1 Å². The lowest BCUT2D eigenvalue weighted by atomic mass is 10.2. The van der Waals surface area contributed by atoms with Gasteiger partial charge in [-0.3, -0.25) is 9.78 Å². The minimum atomic E-state index is -0.231. The van der Waals surface area contributed by atoms with Gasteiger partial charge < -0.3 is 14.8 Å². The number of methoxy groups -OCH3 is 2. The van der Waals surface area contributed by atoms with E-state index in [1.165, 1.54) is 6.20 Å². The van der Waals surface area contributed by atoms with Crippen LogP contribution in [0.4, 0.5) is 5.69 Å². The summed E-state index contributed by atoms with van der Waals surface area (Å²) in [6.45, 7) is 0.425. The van der Waals surface area contributed by atoms with Crippen LogP contribution in [0.2, 0.25) is 0 Å². The van der Waals surface area contributed by atoms with Crippen molar-refractivity contribution in [2.45, 2.75) is 6.61 Å². The van der Waals surface area contributed by atoms with E-state index in [0.717, 1.165) is 5.69 Å². The Hall–Kier alpha value is -2.40. The molecule has 0 atom stereocenters. The number of pyridine rings is 1. The molecule has 0 aliphatic carbocycles. The number of rotatable bonds is 5. The fourth-order valence-corrected chi connectivity index (χ4v) is 1.73. The first-order valence-corrected chi connectivity index (χ1v) is 6.13. The van der Waals surface area contributed by atoms with Crippen LogP contribution in [-0.2, 0) is 11.3 Å². The Morgan fingerprint density at radius 1 is 1.20 bits per heavy atom. The van der Waals surface area contributed by atoms with Crippen LogP contribution in [0, 0.1) is 0 Å². The van der Waals surface area contributed by atoms with E-state index in [4.69, 9.17) is 9.47 Å². The van der Waals surface area contributed by atoms with Crippen molar-refractivity contribution in [2.75, 3.05) is 19.5 Å². The average molecular weight is 272 g/mol. The van der Waals surface area contributed by atoms with Gasteiger partial charge in [-0.2, -0.15) is 0 Å². The molecule has 1 N–H and O–H groups in total. The van der Waals surface area contributed by atoms with Gasteiger partial charge in [0.15, 0.2) is 0 Å². The molecule has 0 fully saturated rings. The summed E-state index contributed by atoms with van der Waals surface area (Å²) in [7, 11) is 3.16. The third-order valence-corrected chi connectivity index (χ3v) is 2.73. The molecule has 0 unspecified atom stereocenters. The molecule has 1 aromatic heterocycles. The van der Waals surface area contributed by atoms with Gasteiger partial charge in [0.2, 0.25) is 0 Å². The predicted octanol–water partition coefficient (Wildman–Crippen LogP) is 2.49. The van der Waals surface area contributed by atoms with Crippen LogP contribution in [0.1, 0.15) is 16.1 Å². The molecule has 2 rings (SSSR count). The van der Waals surface area contributed by atoms with Crippen molar-refractivity contribution in [1.29, 1.82) is 0 Å². The largest absolute Gasteiger partial charge is 0.495 e. The zero-order chi connectivity index (χ0) is 14.4. The lowest BCUT2D eigenvalue weighted by molar-refractivity contribution is 0.102. The number of ether oxygens (including phenoxy) is 2. The summed E-state index contributed by atoms with van der Waals surface area (Å²) in [4.78, 5) is 16.3. The molecule has 0 saturated heterocycles. The Balaban J connectivity index is 2.11. The second-order valence-corrected chi connectivity index (χ2v) is 4.13. The van der Waals surface area contributed by atoms with Crippen molar-refractivity contribution < 1.29 is 14.3 Å². The van der Waals surface area contributed by atoms with Gasteiger partial charge >= 0.3 is 0 Å². The number of carbonyl (C=O) groups excluding carboxylic acids is 1. The molecule has 0 spiro atoms. The molecule has 0 radical (unpaired) electrons. The third kappa shape index (κ3) is 3.33. The smallest absolute Gasteiger partial charge is 0.257 e. The Morgan fingerprint density at radius 2 is 2.00 bits per heavy atom. The molecule has 1 aromatic carbocycles. The Morgan fingerprint density at radius 3 is 2.65 bits per heavy atom. The minimum Gasteiger partial charge on any atom is -0.495 e. The molecule has 20 heavy (non-hydrogen) atoms. The van der Waals surface area contributed by atoms with Crippen molar-refractivity contribution in [3.05, 3.63) is 53.9 Å². The van der Waals surface area contributed by atoms with Crippen LogP contribution >= 0.6 is 0 Å².